The van der Waals surface area contributed by atoms with Gasteiger partial charge in [0.25, 0.3) is 5.91 Å². The number of hydrogen-bond donors (Lipinski definition) is 2. The minimum Gasteiger partial charge on any atom is -0.360 e. The molecule has 2 aromatic rings. The zero-order valence-electron chi connectivity index (χ0n) is 15.3. The molecule has 1 saturated carbocycles. The molecule has 2 aromatic heterocycles. The van der Waals surface area contributed by atoms with Gasteiger partial charge in [-0.05, 0) is 44.7 Å². The fraction of sp³-hybridized carbons (Fsp3) is 0.550. The Morgan fingerprint density at radius 1 is 1.23 bits per heavy atom. The number of fused-ring (bicyclic) bond motifs is 1. The lowest BCUT2D eigenvalue weighted by Gasteiger charge is -2.22. The summed E-state index contributed by atoms with van der Waals surface area (Å²) in [4.78, 5) is 17.1. The standard InChI is InChI=1S/C20H26N4O2/c1-13-5-4-8-16(22-13)12-21-15-9-10-18-17(11-15)19(24-26-18)20(25)23-14-6-2-3-7-14/h4-5,8,14-15,21H,2-3,6-7,9-12H2,1H3,(H,23,25). The Morgan fingerprint density at radius 3 is 2.88 bits per heavy atom. The summed E-state index contributed by atoms with van der Waals surface area (Å²) in [6.07, 6.45) is 7.11. The molecule has 1 fully saturated rings. The second kappa shape index (κ2) is 7.58. The van der Waals surface area contributed by atoms with Gasteiger partial charge in [0.15, 0.2) is 5.69 Å². The molecular weight excluding hydrogens is 328 g/mol. The van der Waals surface area contributed by atoms with Crippen LogP contribution in [0.3, 0.4) is 0 Å². The average molecular weight is 354 g/mol. The van der Waals surface area contributed by atoms with Crippen LogP contribution in [0.15, 0.2) is 22.7 Å². The molecule has 26 heavy (non-hydrogen) atoms. The number of hydrogen-bond acceptors (Lipinski definition) is 5. The van der Waals surface area contributed by atoms with Crippen molar-refractivity contribution in [2.45, 2.75) is 70.5 Å². The molecule has 0 radical (unpaired) electrons. The van der Waals surface area contributed by atoms with Gasteiger partial charge >= 0.3 is 0 Å². The van der Waals surface area contributed by atoms with Gasteiger partial charge in [-0.2, -0.15) is 0 Å². The van der Waals surface area contributed by atoms with Crippen molar-refractivity contribution < 1.29 is 9.32 Å². The molecule has 1 unspecified atom stereocenters. The Kier molecular flexibility index (Phi) is 5.02. The highest BCUT2D eigenvalue weighted by molar-refractivity contribution is 5.94. The molecule has 2 aliphatic carbocycles. The summed E-state index contributed by atoms with van der Waals surface area (Å²) in [7, 11) is 0. The summed E-state index contributed by atoms with van der Waals surface area (Å²) >= 11 is 0. The Morgan fingerprint density at radius 2 is 2.08 bits per heavy atom. The molecular formula is C20H26N4O2. The molecule has 0 saturated heterocycles. The van der Waals surface area contributed by atoms with Gasteiger partial charge in [-0.15, -0.1) is 0 Å². The zero-order valence-corrected chi connectivity index (χ0v) is 15.3. The van der Waals surface area contributed by atoms with E-state index in [0.717, 1.165) is 61.4 Å². The van der Waals surface area contributed by atoms with Crippen LogP contribution < -0.4 is 10.6 Å². The van der Waals surface area contributed by atoms with E-state index in [9.17, 15) is 4.79 Å². The Hall–Kier alpha value is -2.21. The lowest BCUT2D eigenvalue weighted by molar-refractivity contribution is 0.0928. The third-order valence-corrected chi connectivity index (χ3v) is 5.46. The van der Waals surface area contributed by atoms with Crippen LogP contribution >= 0.6 is 0 Å². The smallest absolute Gasteiger partial charge is 0.273 e. The first-order chi connectivity index (χ1) is 12.7. The molecule has 2 N–H and O–H groups in total. The van der Waals surface area contributed by atoms with E-state index in [2.05, 4.69) is 20.8 Å². The van der Waals surface area contributed by atoms with Crippen molar-refractivity contribution >= 4 is 5.91 Å². The van der Waals surface area contributed by atoms with Crippen LogP contribution in [0.2, 0.25) is 0 Å². The van der Waals surface area contributed by atoms with E-state index in [1.165, 1.54) is 12.8 Å². The first-order valence-electron chi connectivity index (χ1n) is 9.63. The van der Waals surface area contributed by atoms with Crippen LogP contribution in [0, 0.1) is 6.92 Å². The van der Waals surface area contributed by atoms with Crippen LogP contribution in [-0.2, 0) is 19.4 Å². The molecule has 0 aromatic carbocycles. The van der Waals surface area contributed by atoms with Gasteiger partial charge in [0.1, 0.15) is 5.76 Å². The number of rotatable bonds is 5. The van der Waals surface area contributed by atoms with Gasteiger partial charge in [0.2, 0.25) is 0 Å². The molecule has 0 bridgehead atoms. The van der Waals surface area contributed by atoms with Crippen molar-refractivity contribution in [3.05, 3.63) is 46.6 Å². The van der Waals surface area contributed by atoms with Crippen LogP contribution in [-0.4, -0.2) is 28.1 Å². The third kappa shape index (κ3) is 3.80. The first kappa shape index (κ1) is 17.2. The van der Waals surface area contributed by atoms with Crippen molar-refractivity contribution in [1.29, 1.82) is 0 Å². The fourth-order valence-electron chi connectivity index (χ4n) is 4.03. The quantitative estimate of drug-likeness (QED) is 0.863. The van der Waals surface area contributed by atoms with Gasteiger partial charge in [0.05, 0.1) is 5.69 Å². The Labute approximate surface area is 153 Å². The van der Waals surface area contributed by atoms with Crippen molar-refractivity contribution in [1.82, 2.24) is 20.8 Å². The van der Waals surface area contributed by atoms with Crippen molar-refractivity contribution in [2.24, 2.45) is 0 Å². The third-order valence-electron chi connectivity index (χ3n) is 5.46. The molecule has 2 aliphatic rings. The predicted octanol–water partition coefficient (Wildman–Crippen LogP) is 2.70. The van der Waals surface area contributed by atoms with Gasteiger partial charge in [-0.25, -0.2) is 0 Å². The number of carbonyl (C=O) groups is 1. The molecule has 2 heterocycles. The monoisotopic (exact) mass is 354 g/mol. The average Bonchev–Trinajstić information content (AvgIpc) is 3.29. The first-order valence-corrected chi connectivity index (χ1v) is 9.63. The molecule has 0 aliphatic heterocycles. The van der Waals surface area contributed by atoms with E-state index in [0.29, 0.717) is 17.8 Å². The van der Waals surface area contributed by atoms with Crippen LogP contribution in [0.1, 0.15) is 65.3 Å². The van der Waals surface area contributed by atoms with Crippen molar-refractivity contribution in [2.75, 3.05) is 0 Å². The number of amides is 1. The number of carbonyl (C=O) groups excluding carboxylic acids is 1. The Balaban J connectivity index is 1.39. The van der Waals surface area contributed by atoms with Gasteiger partial charge in [-0.3, -0.25) is 9.78 Å². The number of pyridine rings is 1. The van der Waals surface area contributed by atoms with Gasteiger partial charge < -0.3 is 15.2 Å². The summed E-state index contributed by atoms with van der Waals surface area (Å²) in [6, 6.07) is 6.67. The number of aryl methyl sites for hydroxylation is 2. The van der Waals surface area contributed by atoms with Crippen LogP contribution in [0.5, 0.6) is 0 Å². The van der Waals surface area contributed by atoms with Gasteiger partial charge in [-0.1, -0.05) is 24.1 Å². The number of aromatic nitrogens is 2. The minimum atomic E-state index is -0.0806. The predicted molar refractivity (Wildman–Crippen MR) is 97.9 cm³/mol. The highest BCUT2D eigenvalue weighted by atomic mass is 16.5. The van der Waals surface area contributed by atoms with Gasteiger partial charge in [0, 0.05) is 36.3 Å². The largest absolute Gasteiger partial charge is 0.360 e. The second-order valence-corrected chi connectivity index (χ2v) is 7.48. The van der Waals surface area contributed by atoms with Crippen molar-refractivity contribution in [3.63, 3.8) is 0 Å². The van der Waals surface area contributed by atoms with E-state index >= 15 is 0 Å². The summed E-state index contributed by atoms with van der Waals surface area (Å²) < 4.78 is 5.45. The maximum absolute atomic E-state index is 12.6. The van der Waals surface area contributed by atoms with Crippen molar-refractivity contribution in [3.8, 4) is 0 Å². The van der Waals surface area contributed by atoms with E-state index in [4.69, 9.17) is 4.52 Å². The highest BCUT2D eigenvalue weighted by Crippen LogP contribution is 2.26. The lowest BCUT2D eigenvalue weighted by atomic mass is 9.91. The lowest BCUT2D eigenvalue weighted by Crippen LogP contribution is -2.36. The molecule has 4 rings (SSSR count). The Bertz CT molecular complexity index is 780. The zero-order chi connectivity index (χ0) is 17.9. The summed E-state index contributed by atoms with van der Waals surface area (Å²) in [5.74, 6) is 0.788. The van der Waals surface area contributed by atoms with E-state index < -0.39 is 0 Å². The summed E-state index contributed by atoms with van der Waals surface area (Å²) in [5.41, 5.74) is 3.52. The van der Waals surface area contributed by atoms with E-state index in [1.54, 1.807) is 0 Å². The van der Waals surface area contributed by atoms with E-state index in [1.807, 2.05) is 25.1 Å². The maximum Gasteiger partial charge on any atom is 0.273 e. The normalized spacial score (nSPS) is 20.1. The number of nitrogens with one attached hydrogen (secondary N) is 2. The highest BCUT2D eigenvalue weighted by Gasteiger charge is 2.29. The van der Waals surface area contributed by atoms with E-state index in [-0.39, 0.29) is 5.91 Å². The molecule has 6 nitrogen and oxygen atoms in total. The fourth-order valence-corrected chi connectivity index (χ4v) is 4.03. The second-order valence-electron chi connectivity index (χ2n) is 7.48. The molecule has 1 amide bonds. The van der Waals surface area contributed by atoms with Crippen LogP contribution in [0.25, 0.3) is 0 Å². The minimum absolute atomic E-state index is 0.0806. The summed E-state index contributed by atoms with van der Waals surface area (Å²) in [5, 5.41) is 10.8. The molecule has 138 valence electrons. The topological polar surface area (TPSA) is 80.0 Å². The molecule has 0 spiro atoms. The molecule has 6 heteroatoms. The maximum atomic E-state index is 12.6. The molecule has 1 atom stereocenters. The summed E-state index contributed by atoms with van der Waals surface area (Å²) in [6.45, 7) is 2.74. The van der Waals surface area contributed by atoms with Crippen LogP contribution in [0.4, 0.5) is 0 Å². The SMILES string of the molecule is Cc1cccc(CNC2CCc3onc(C(=O)NC4CCCC4)c3C2)n1. The number of nitrogens with zero attached hydrogens (tertiary/aromatic N) is 2.